The van der Waals surface area contributed by atoms with Gasteiger partial charge in [0.05, 0.1) is 6.10 Å². The van der Waals surface area contributed by atoms with Crippen LogP contribution in [0.15, 0.2) is 4.99 Å². The fourth-order valence-electron chi connectivity index (χ4n) is 1.42. The van der Waals surface area contributed by atoms with Crippen molar-refractivity contribution in [1.29, 1.82) is 0 Å². The smallest absolute Gasteiger partial charge is 0.143 e. The third-order valence-corrected chi connectivity index (χ3v) is 2.61. The summed E-state index contributed by atoms with van der Waals surface area (Å²) in [5, 5.41) is 20.8. The second kappa shape index (κ2) is 5.26. The van der Waals surface area contributed by atoms with E-state index in [-0.39, 0.29) is 24.0 Å². The maximum Gasteiger partial charge on any atom is 0.143 e. The van der Waals surface area contributed by atoms with E-state index >= 15 is 0 Å². The molecule has 0 aliphatic carbocycles. The van der Waals surface area contributed by atoms with Crippen molar-refractivity contribution >= 4 is 11.7 Å². The first-order valence-corrected chi connectivity index (χ1v) is 5.08. The van der Waals surface area contributed by atoms with E-state index in [1.807, 2.05) is 0 Å². The molecule has 4 nitrogen and oxygen atoms in total. The van der Waals surface area contributed by atoms with E-state index in [0.717, 1.165) is 0 Å². The number of aliphatic hydroxyl groups is 1. The minimum atomic E-state index is -0.969. The number of carbonyl (C=O) groups excluding carboxylic acids is 1. The second-order valence-corrected chi connectivity index (χ2v) is 4.58. The number of hydrogen-bond acceptors (Lipinski definition) is 4. The lowest BCUT2D eigenvalue weighted by Gasteiger charge is -2.31. The van der Waals surface area contributed by atoms with Crippen molar-refractivity contribution in [2.45, 2.75) is 40.2 Å². The Bertz CT molecular complexity index is 257. The molecule has 0 saturated heterocycles. The van der Waals surface area contributed by atoms with Crippen LogP contribution in [-0.2, 0) is 4.79 Å². The summed E-state index contributed by atoms with van der Waals surface area (Å²) in [5.41, 5.74) is -0.894. The molecular formula is C11H20NO3-. The van der Waals surface area contributed by atoms with Gasteiger partial charge < -0.3 is 15.2 Å². The van der Waals surface area contributed by atoms with Crippen molar-refractivity contribution in [1.82, 2.24) is 0 Å². The van der Waals surface area contributed by atoms with Gasteiger partial charge in [0.15, 0.2) is 0 Å². The molecule has 4 heteroatoms. The predicted octanol–water partition coefficient (Wildman–Crippen LogP) is 0.377. The average molecular weight is 214 g/mol. The zero-order chi connectivity index (χ0) is 12.2. The molecule has 0 aromatic heterocycles. The molecule has 0 rings (SSSR count). The second-order valence-electron chi connectivity index (χ2n) is 4.58. The minimum absolute atomic E-state index is 0.0427. The Morgan fingerprint density at radius 1 is 1.47 bits per heavy atom. The van der Waals surface area contributed by atoms with Crippen LogP contribution in [0.2, 0.25) is 0 Å². The number of aliphatic hydroxyl groups excluding tert-OH is 1. The molecule has 0 saturated carbocycles. The van der Waals surface area contributed by atoms with Crippen LogP contribution in [0.1, 0.15) is 34.1 Å². The highest BCUT2D eigenvalue weighted by Gasteiger charge is 2.36. The highest BCUT2D eigenvalue weighted by molar-refractivity contribution is 5.87. The van der Waals surface area contributed by atoms with Gasteiger partial charge in [-0.2, -0.15) is 0 Å². The molecule has 88 valence electrons. The normalized spacial score (nSPS) is 15.5. The summed E-state index contributed by atoms with van der Waals surface area (Å²) in [6.07, 6.45) is -1.06. The van der Waals surface area contributed by atoms with Gasteiger partial charge >= 0.3 is 0 Å². The van der Waals surface area contributed by atoms with E-state index in [2.05, 4.69) is 4.99 Å². The Hall–Kier alpha value is -0.900. The molecule has 1 N–H and O–H groups in total. The number of nitrogens with zero attached hydrogens (tertiary/aromatic N) is 1. The lowest BCUT2D eigenvalue weighted by molar-refractivity contribution is -0.221. The summed E-state index contributed by atoms with van der Waals surface area (Å²) < 4.78 is 0. The van der Waals surface area contributed by atoms with E-state index in [1.165, 1.54) is 7.05 Å². The number of hydrogen-bond donors (Lipinski definition) is 1. The number of rotatable bonds is 5. The molecule has 1 atom stereocenters. The molecule has 0 spiro atoms. The molecule has 0 fully saturated rings. The average Bonchev–Trinajstić information content (AvgIpc) is 2.15. The van der Waals surface area contributed by atoms with Gasteiger partial charge in [-0.25, -0.2) is 0 Å². The maximum atomic E-state index is 11.8. The molecule has 0 aromatic rings. The minimum Gasteiger partial charge on any atom is -0.862 e. The number of ketones is 1. The first kappa shape index (κ1) is 14.1. The van der Waals surface area contributed by atoms with Crippen LogP contribution in [0.5, 0.6) is 0 Å². The predicted molar refractivity (Wildman–Crippen MR) is 57.6 cm³/mol. The van der Waals surface area contributed by atoms with E-state index in [4.69, 9.17) is 0 Å². The summed E-state index contributed by atoms with van der Waals surface area (Å²) in [5.74, 6) is -0.575. The molecule has 0 aromatic carbocycles. The number of Topliss-reactive ketones (excluding diaryl/α,β-unsaturated/α-hetero) is 1. The van der Waals surface area contributed by atoms with Gasteiger partial charge in [0.25, 0.3) is 0 Å². The standard InChI is InChI=1S/C11H21NO3/c1-7(2)10(15)11(3,4)8(13)6-9(14)12-5/h7-8,13H,6H2,1-5H3,(H,12,14)/p-1. The van der Waals surface area contributed by atoms with Gasteiger partial charge in [-0.1, -0.05) is 27.7 Å². The SMILES string of the molecule is CN=C([O-])CC(O)C(C)(C)C(=O)C(C)C. The Kier molecular flexibility index (Phi) is 4.94. The van der Waals surface area contributed by atoms with Gasteiger partial charge in [-0.3, -0.25) is 4.79 Å². The van der Waals surface area contributed by atoms with Crippen LogP contribution in [0.25, 0.3) is 0 Å². The molecular weight excluding hydrogens is 194 g/mol. The van der Waals surface area contributed by atoms with Crippen molar-refractivity contribution in [3.05, 3.63) is 0 Å². The van der Waals surface area contributed by atoms with Gasteiger partial charge in [0.1, 0.15) is 5.78 Å². The van der Waals surface area contributed by atoms with Crippen LogP contribution in [-0.4, -0.2) is 29.9 Å². The Morgan fingerprint density at radius 3 is 2.27 bits per heavy atom. The van der Waals surface area contributed by atoms with Crippen LogP contribution in [0.3, 0.4) is 0 Å². The van der Waals surface area contributed by atoms with Gasteiger partial charge in [-0.05, 0) is 5.90 Å². The van der Waals surface area contributed by atoms with E-state index in [0.29, 0.717) is 0 Å². The summed E-state index contributed by atoms with van der Waals surface area (Å²) >= 11 is 0. The van der Waals surface area contributed by atoms with E-state index in [9.17, 15) is 15.0 Å². The number of aliphatic imine (C=N–C) groups is 1. The first-order chi connectivity index (χ1) is 6.73. The lowest BCUT2D eigenvalue weighted by atomic mass is 9.76. The molecule has 15 heavy (non-hydrogen) atoms. The Labute approximate surface area is 91.0 Å². The third kappa shape index (κ3) is 3.63. The van der Waals surface area contributed by atoms with E-state index < -0.39 is 11.5 Å². The van der Waals surface area contributed by atoms with Crippen molar-refractivity contribution in [3.8, 4) is 0 Å². The van der Waals surface area contributed by atoms with Crippen LogP contribution in [0, 0.1) is 11.3 Å². The molecule has 0 amide bonds. The van der Waals surface area contributed by atoms with Crippen molar-refractivity contribution in [3.63, 3.8) is 0 Å². The molecule has 1 unspecified atom stereocenters. The largest absolute Gasteiger partial charge is 0.862 e. The topological polar surface area (TPSA) is 72.7 Å². The molecule has 0 aliphatic heterocycles. The maximum absolute atomic E-state index is 11.8. The van der Waals surface area contributed by atoms with Crippen LogP contribution >= 0.6 is 0 Å². The van der Waals surface area contributed by atoms with E-state index in [1.54, 1.807) is 27.7 Å². The lowest BCUT2D eigenvalue weighted by Crippen LogP contribution is -2.42. The van der Waals surface area contributed by atoms with Crippen LogP contribution in [0.4, 0.5) is 0 Å². The third-order valence-electron chi connectivity index (χ3n) is 2.61. The monoisotopic (exact) mass is 214 g/mol. The Morgan fingerprint density at radius 2 is 1.93 bits per heavy atom. The van der Waals surface area contributed by atoms with Gasteiger partial charge in [0.2, 0.25) is 0 Å². The number of carbonyl (C=O) groups is 1. The fourth-order valence-corrected chi connectivity index (χ4v) is 1.42. The quantitative estimate of drug-likeness (QED) is 0.531. The fraction of sp³-hybridized carbons (Fsp3) is 0.818. The van der Waals surface area contributed by atoms with Gasteiger partial charge in [0, 0.05) is 24.8 Å². The summed E-state index contributed by atoms with van der Waals surface area (Å²) in [6.45, 7) is 6.87. The van der Waals surface area contributed by atoms with Crippen LogP contribution < -0.4 is 5.11 Å². The first-order valence-electron chi connectivity index (χ1n) is 5.08. The summed E-state index contributed by atoms with van der Waals surface area (Å²) in [4.78, 5) is 15.2. The van der Waals surface area contributed by atoms with Crippen molar-refractivity contribution < 1.29 is 15.0 Å². The molecule has 0 bridgehead atoms. The van der Waals surface area contributed by atoms with Crippen molar-refractivity contribution in [2.24, 2.45) is 16.3 Å². The Balaban J connectivity index is 4.65. The van der Waals surface area contributed by atoms with Crippen molar-refractivity contribution in [2.75, 3.05) is 7.05 Å². The summed E-state index contributed by atoms with van der Waals surface area (Å²) in [7, 11) is 1.38. The zero-order valence-electron chi connectivity index (χ0n) is 10.1. The molecule has 0 heterocycles. The molecule has 0 radical (unpaired) electrons. The highest BCUT2D eigenvalue weighted by Crippen LogP contribution is 2.27. The highest BCUT2D eigenvalue weighted by atomic mass is 16.3. The van der Waals surface area contributed by atoms with Gasteiger partial charge in [-0.15, -0.1) is 0 Å². The zero-order valence-corrected chi connectivity index (χ0v) is 10.1. The summed E-state index contributed by atoms with van der Waals surface area (Å²) in [6, 6.07) is 0. The molecule has 0 aliphatic rings.